The first kappa shape index (κ1) is 28.2. The van der Waals surface area contributed by atoms with Crippen LogP contribution in [-0.4, -0.2) is 47.9 Å². The SMILES string of the molecule is COC(=O)c1ccc([C@@H]2C[C@@H](C3CCC3)CCN2Cc2c(OC)cc(C)c3c2ccn3C(=O)OC(C)(C)C)cc1. The number of hydrogen-bond acceptors (Lipinski definition) is 6. The van der Waals surface area contributed by atoms with Gasteiger partial charge in [0.15, 0.2) is 0 Å². The summed E-state index contributed by atoms with van der Waals surface area (Å²) in [5.74, 6) is 2.04. The van der Waals surface area contributed by atoms with Crippen molar-refractivity contribution < 1.29 is 23.8 Å². The average molecular weight is 547 g/mol. The minimum absolute atomic E-state index is 0.222. The highest BCUT2D eigenvalue weighted by Crippen LogP contribution is 2.45. The second-order valence-corrected chi connectivity index (χ2v) is 12.4. The number of esters is 1. The van der Waals surface area contributed by atoms with Crippen LogP contribution in [-0.2, 0) is 16.0 Å². The van der Waals surface area contributed by atoms with Gasteiger partial charge in [0.1, 0.15) is 11.4 Å². The van der Waals surface area contributed by atoms with Crippen molar-refractivity contribution in [3.8, 4) is 5.75 Å². The fraction of sp³-hybridized carbons (Fsp3) is 0.515. The van der Waals surface area contributed by atoms with Gasteiger partial charge in [0, 0.05) is 29.7 Å². The van der Waals surface area contributed by atoms with Crippen molar-refractivity contribution in [2.45, 2.75) is 78.0 Å². The van der Waals surface area contributed by atoms with Gasteiger partial charge >= 0.3 is 12.1 Å². The maximum absolute atomic E-state index is 13.1. The third kappa shape index (κ3) is 5.62. The molecule has 5 rings (SSSR count). The lowest BCUT2D eigenvalue weighted by molar-refractivity contribution is 0.0542. The Bertz CT molecular complexity index is 1380. The van der Waals surface area contributed by atoms with Crippen LogP contribution >= 0.6 is 0 Å². The molecule has 40 heavy (non-hydrogen) atoms. The van der Waals surface area contributed by atoms with E-state index in [2.05, 4.69) is 17.0 Å². The van der Waals surface area contributed by atoms with E-state index in [4.69, 9.17) is 14.2 Å². The van der Waals surface area contributed by atoms with Crippen LogP contribution in [0.25, 0.3) is 10.9 Å². The molecule has 0 bridgehead atoms. The van der Waals surface area contributed by atoms with E-state index in [1.165, 1.54) is 38.4 Å². The van der Waals surface area contributed by atoms with Gasteiger partial charge in [0.25, 0.3) is 0 Å². The van der Waals surface area contributed by atoms with E-state index in [0.29, 0.717) is 18.0 Å². The fourth-order valence-electron chi connectivity index (χ4n) is 6.45. The molecule has 1 aliphatic carbocycles. The summed E-state index contributed by atoms with van der Waals surface area (Å²) < 4.78 is 18.1. The molecule has 0 amide bonds. The average Bonchev–Trinajstić information content (AvgIpc) is 3.35. The number of piperidine rings is 1. The lowest BCUT2D eigenvalue weighted by Crippen LogP contribution is -2.39. The molecule has 1 saturated heterocycles. The normalized spacial score (nSPS) is 20.2. The number of aryl methyl sites for hydroxylation is 1. The Morgan fingerprint density at radius 2 is 1.73 bits per heavy atom. The zero-order chi connectivity index (χ0) is 28.6. The number of aromatic nitrogens is 1. The number of carbonyl (C=O) groups excluding carboxylic acids is 2. The molecule has 7 heteroatoms. The Labute approximate surface area is 237 Å². The molecule has 2 aliphatic rings. The zero-order valence-electron chi connectivity index (χ0n) is 24.7. The van der Waals surface area contributed by atoms with Gasteiger partial charge in [-0.25, -0.2) is 9.59 Å². The number of rotatable bonds is 6. The minimum atomic E-state index is -0.585. The third-order valence-corrected chi connectivity index (χ3v) is 8.69. The molecule has 1 aromatic heterocycles. The highest BCUT2D eigenvalue weighted by molar-refractivity contribution is 5.95. The van der Waals surface area contributed by atoms with Crippen molar-refractivity contribution in [1.82, 2.24) is 9.47 Å². The van der Waals surface area contributed by atoms with Crippen molar-refractivity contribution in [2.75, 3.05) is 20.8 Å². The first-order valence-electron chi connectivity index (χ1n) is 14.4. The number of ether oxygens (including phenoxy) is 3. The topological polar surface area (TPSA) is 70.0 Å². The van der Waals surface area contributed by atoms with Crippen LogP contribution in [0.2, 0.25) is 0 Å². The highest BCUT2D eigenvalue weighted by atomic mass is 16.6. The molecule has 1 aliphatic heterocycles. The number of nitrogens with zero attached hydrogens (tertiary/aromatic N) is 2. The lowest BCUT2D eigenvalue weighted by atomic mass is 9.70. The summed E-state index contributed by atoms with van der Waals surface area (Å²) in [7, 11) is 3.12. The van der Waals surface area contributed by atoms with E-state index in [-0.39, 0.29) is 18.1 Å². The number of carbonyl (C=O) groups is 2. The maximum Gasteiger partial charge on any atom is 0.419 e. The molecule has 0 radical (unpaired) electrons. The van der Waals surface area contributed by atoms with Crippen molar-refractivity contribution in [3.05, 3.63) is 64.8 Å². The van der Waals surface area contributed by atoms with Crippen LogP contribution in [0.5, 0.6) is 5.75 Å². The van der Waals surface area contributed by atoms with E-state index >= 15 is 0 Å². The summed E-state index contributed by atoms with van der Waals surface area (Å²) in [5, 5.41) is 1.00. The smallest absolute Gasteiger partial charge is 0.419 e. The fourth-order valence-corrected chi connectivity index (χ4v) is 6.45. The van der Waals surface area contributed by atoms with Crippen LogP contribution < -0.4 is 4.74 Å². The Morgan fingerprint density at radius 1 is 1.00 bits per heavy atom. The van der Waals surface area contributed by atoms with Gasteiger partial charge in [-0.15, -0.1) is 0 Å². The van der Waals surface area contributed by atoms with Crippen molar-refractivity contribution in [1.29, 1.82) is 0 Å². The van der Waals surface area contributed by atoms with Crippen LogP contribution in [0, 0.1) is 18.8 Å². The molecule has 3 aromatic rings. The molecule has 7 nitrogen and oxygen atoms in total. The highest BCUT2D eigenvalue weighted by Gasteiger charge is 2.36. The van der Waals surface area contributed by atoms with Gasteiger partial charge in [-0.2, -0.15) is 0 Å². The van der Waals surface area contributed by atoms with Gasteiger partial charge in [0.05, 0.1) is 25.3 Å². The molecule has 0 spiro atoms. The second-order valence-electron chi connectivity index (χ2n) is 12.4. The van der Waals surface area contributed by atoms with Crippen molar-refractivity contribution in [3.63, 3.8) is 0 Å². The summed E-state index contributed by atoms with van der Waals surface area (Å²) >= 11 is 0. The summed E-state index contributed by atoms with van der Waals surface area (Å²) in [4.78, 5) is 27.7. The summed E-state index contributed by atoms with van der Waals surface area (Å²) in [5.41, 5.74) is 4.08. The van der Waals surface area contributed by atoms with Gasteiger partial charge in [0.2, 0.25) is 0 Å². The number of fused-ring (bicyclic) bond motifs is 1. The van der Waals surface area contributed by atoms with Gasteiger partial charge < -0.3 is 14.2 Å². The van der Waals surface area contributed by atoms with Crippen LogP contribution in [0.15, 0.2) is 42.6 Å². The van der Waals surface area contributed by atoms with E-state index in [1.807, 2.05) is 52.0 Å². The van der Waals surface area contributed by atoms with Crippen LogP contribution in [0.1, 0.15) is 86.0 Å². The Morgan fingerprint density at radius 3 is 2.33 bits per heavy atom. The standard InChI is InChI=1S/C33H42N2O5/c1-21-18-29(38-5)27(26-15-17-35(30(21)26)32(37)40-33(2,3)4)20-34-16-14-25(22-8-7-9-22)19-28(34)23-10-12-24(13-11-23)31(36)39-6/h10-13,15,17-18,22,25,28H,7-9,14,16,19-20H2,1-6H3/t25-,28-/m0/s1. The largest absolute Gasteiger partial charge is 0.496 e. The molecular formula is C33H42N2O5. The molecule has 2 fully saturated rings. The third-order valence-electron chi connectivity index (χ3n) is 8.69. The van der Waals surface area contributed by atoms with Crippen LogP contribution in [0.4, 0.5) is 4.79 Å². The minimum Gasteiger partial charge on any atom is -0.496 e. The number of benzene rings is 2. The zero-order valence-corrected chi connectivity index (χ0v) is 24.7. The van der Waals surface area contributed by atoms with Gasteiger partial charge in [-0.05, 0) is 94.3 Å². The van der Waals surface area contributed by atoms with E-state index < -0.39 is 5.60 Å². The number of methoxy groups -OCH3 is 2. The molecule has 2 atom stereocenters. The van der Waals surface area contributed by atoms with Gasteiger partial charge in [-0.1, -0.05) is 31.4 Å². The Kier molecular flexibility index (Phi) is 7.96. The van der Waals surface area contributed by atoms with E-state index in [1.54, 1.807) is 17.9 Å². The molecule has 2 aromatic carbocycles. The molecular weight excluding hydrogens is 504 g/mol. The van der Waals surface area contributed by atoms with Crippen molar-refractivity contribution in [2.24, 2.45) is 11.8 Å². The van der Waals surface area contributed by atoms with Gasteiger partial charge in [-0.3, -0.25) is 9.47 Å². The predicted molar refractivity (Wildman–Crippen MR) is 156 cm³/mol. The Balaban J connectivity index is 1.50. The summed E-state index contributed by atoms with van der Waals surface area (Å²) in [6, 6.07) is 12.2. The quantitative estimate of drug-likeness (QED) is 0.303. The second kappa shape index (κ2) is 11.3. The summed E-state index contributed by atoms with van der Waals surface area (Å²) in [6.07, 6.45) is 7.71. The Hall–Kier alpha value is -3.32. The molecule has 0 N–H and O–H groups in total. The lowest BCUT2D eigenvalue weighted by Gasteiger charge is -2.45. The maximum atomic E-state index is 13.1. The summed E-state index contributed by atoms with van der Waals surface area (Å²) in [6.45, 7) is 9.31. The first-order chi connectivity index (χ1) is 19.1. The monoisotopic (exact) mass is 546 g/mol. The number of likely N-dealkylation sites (tertiary alicyclic amines) is 1. The number of hydrogen-bond donors (Lipinski definition) is 0. The molecule has 0 unspecified atom stereocenters. The first-order valence-corrected chi connectivity index (χ1v) is 14.4. The van der Waals surface area contributed by atoms with E-state index in [9.17, 15) is 9.59 Å². The predicted octanol–water partition coefficient (Wildman–Crippen LogP) is 7.28. The van der Waals surface area contributed by atoms with Crippen molar-refractivity contribution >= 4 is 23.0 Å². The molecule has 1 saturated carbocycles. The molecule has 214 valence electrons. The van der Waals surface area contributed by atoms with Crippen LogP contribution in [0.3, 0.4) is 0 Å². The van der Waals surface area contributed by atoms with E-state index in [0.717, 1.165) is 46.7 Å². The molecule has 2 heterocycles.